The molecule has 0 radical (unpaired) electrons. The van der Waals surface area contributed by atoms with Crippen LogP contribution in [0.5, 0.6) is 0 Å². The number of benzene rings is 2. The standard InChI is InChI=1S/C23H21N3O2S/c1-16-9-11-17(12-10-16)19-14-22(28-26-19)25-21(27)15-24-23(20-8-5-13-29-20)18-6-3-2-4-7-18/h2-14,23-24H,15H2,1H3,(H,25,27)/p+1/t23-/m1/s1. The predicted molar refractivity (Wildman–Crippen MR) is 115 cm³/mol. The Bertz CT molecular complexity index is 1060. The van der Waals surface area contributed by atoms with E-state index in [1.165, 1.54) is 16.0 Å². The predicted octanol–water partition coefficient (Wildman–Crippen LogP) is 4.00. The summed E-state index contributed by atoms with van der Waals surface area (Å²) in [5, 5.41) is 10.9. The van der Waals surface area contributed by atoms with Crippen molar-refractivity contribution >= 4 is 23.1 Å². The summed E-state index contributed by atoms with van der Waals surface area (Å²) in [6, 6.07) is 24.2. The van der Waals surface area contributed by atoms with Gasteiger partial charge in [-0.15, -0.1) is 11.3 Å². The molecule has 4 rings (SSSR count). The molecule has 3 N–H and O–H groups in total. The Balaban J connectivity index is 1.40. The minimum atomic E-state index is -0.130. The van der Waals surface area contributed by atoms with Gasteiger partial charge in [0.15, 0.2) is 6.54 Å². The van der Waals surface area contributed by atoms with Crippen LogP contribution in [0, 0.1) is 6.92 Å². The van der Waals surface area contributed by atoms with Crippen molar-refractivity contribution in [3.05, 3.63) is 94.2 Å². The van der Waals surface area contributed by atoms with Gasteiger partial charge < -0.3 is 9.84 Å². The zero-order valence-electron chi connectivity index (χ0n) is 16.0. The van der Waals surface area contributed by atoms with Crippen molar-refractivity contribution in [2.24, 2.45) is 0 Å². The minimum Gasteiger partial charge on any atom is -0.338 e. The fraction of sp³-hybridized carbons (Fsp3) is 0.130. The molecule has 4 aromatic rings. The van der Waals surface area contributed by atoms with Crippen LogP contribution in [0.25, 0.3) is 11.3 Å². The third-order valence-electron chi connectivity index (χ3n) is 4.67. The fourth-order valence-corrected chi connectivity index (χ4v) is 4.00. The molecule has 0 aliphatic rings. The molecular formula is C23H22N3O2S+. The number of aryl methyl sites for hydroxylation is 1. The highest BCUT2D eigenvalue weighted by Crippen LogP contribution is 2.23. The number of amides is 1. The number of carbonyl (C=O) groups is 1. The van der Waals surface area contributed by atoms with Gasteiger partial charge in [-0.3, -0.25) is 10.1 Å². The number of hydrogen-bond acceptors (Lipinski definition) is 4. The van der Waals surface area contributed by atoms with Crippen LogP contribution in [0.4, 0.5) is 5.88 Å². The first-order valence-corrected chi connectivity index (χ1v) is 10.3. The van der Waals surface area contributed by atoms with Crippen molar-refractivity contribution in [3.8, 4) is 11.3 Å². The first kappa shape index (κ1) is 19.1. The van der Waals surface area contributed by atoms with E-state index in [1.807, 2.05) is 60.8 Å². The summed E-state index contributed by atoms with van der Waals surface area (Å²) in [5.74, 6) is 0.223. The number of nitrogens with zero attached hydrogens (tertiary/aromatic N) is 1. The molecule has 0 unspecified atom stereocenters. The zero-order valence-corrected chi connectivity index (χ0v) is 16.9. The van der Waals surface area contributed by atoms with E-state index in [9.17, 15) is 4.79 Å². The molecule has 2 aromatic heterocycles. The lowest BCUT2D eigenvalue weighted by Gasteiger charge is -2.14. The maximum atomic E-state index is 12.5. The first-order valence-electron chi connectivity index (χ1n) is 9.44. The number of hydrogen-bond donors (Lipinski definition) is 2. The number of carbonyl (C=O) groups excluding carboxylic acids is 1. The van der Waals surface area contributed by atoms with Crippen LogP contribution in [-0.2, 0) is 4.79 Å². The zero-order chi connectivity index (χ0) is 20.1. The van der Waals surface area contributed by atoms with Gasteiger partial charge in [-0.1, -0.05) is 71.4 Å². The number of thiophene rings is 1. The second-order valence-electron chi connectivity index (χ2n) is 6.83. The average Bonchev–Trinajstić information content (AvgIpc) is 3.42. The van der Waals surface area contributed by atoms with Gasteiger partial charge >= 0.3 is 0 Å². The van der Waals surface area contributed by atoms with Gasteiger partial charge in [-0.05, 0) is 18.4 Å². The molecule has 1 atom stereocenters. The lowest BCUT2D eigenvalue weighted by atomic mass is 10.1. The van der Waals surface area contributed by atoms with E-state index in [4.69, 9.17) is 4.52 Å². The highest BCUT2D eigenvalue weighted by atomic mass is 32.1. The summed E-state index contributed by atoms with van der Waals surface area (Å²) in [5.41, 5.74) is 4.00. The second kappa shape index (κ2) is 8.86. The van der Waals surface area contributed by atoms with Crippen LogP contribution in [0.1, 0.15) is 22.0 Å². The van der Waals surface area contributed by atoms with Gasteiger partial charge in [-0.2, -0.15) is 0 Å². The van der Waals surface area contributed by atoms with E-state index in [-0.39, 0.29) is 18.5 Å². The number of nitrogens with one attached hydrogen (secondary N) is 1. The second-order valence-corrected chi connectivity index (χ2v) is 7.81. The smallest absolute Gasteiger partial charge is 0.281 e. The summed E-state index contributed by atoms with van der Waals surface area (Å²) in [6.07, 6.45) is 0. The Morgan fingerprint density at radius 3 is 2.62 bits per heavy atom. The van der Waals surface area contributed by atoms with Crippen molar-refractivity contribution < 1.29 is 14.6 Å². The highest BCUT2D eigenvalue weighted by Gasteiger charge is 2.20. The van der Waals surface area contributed by atoms with E-state index < -0.39 is 0 Å². The topological polar surface area (TPSA) is 71.7 Å². The molecule has 146 valence electrons. The summed E-state index contributed by atoms with van der Waals surface area (Å²) < 4.78 is 5.29. The molecule has 0 fully saturated rings. The monoisotopic (exact) mass is 404 g/mol. The maximum Gasteiger partial charge on any atom is 0.281 e. The van der Waals surface area contributed by atoms with Gasteiger partial charge in [0.25, 0.3) is 5.91 Å². The van der Waals surface area contributed by atoms with E-state index in [1.54, 1.807) is 17.4 Å². The molecule has 0 aliphatic heterocycles. The van der Waals surface area contributed by atoms with Crippen molar-refractivity contribution in [3.63, 3.8) is 0 Å². The molecule has 1 amide bonds. The first-order chi connectivity index (χ1) is 14.2. The van der Waals surface area contributed by atoms with Gasteiger partial charge in [0.2, 0.25) is 5.88 Å². The number of anilines is 1. The summed E-state index contributed by atoms with van der Waals surface area (Å²) in [6.45, 7) is 2.31. The Hall–Kier alpha value is -3.22. The lowest BCUT2D eigenvalue weighted by Crippen LogP contribution is -2.87. The molecule has 6 heteroatoms. The van der Waals surface area contributed by atoms with Crippen LogP contribution in [0.2, 0.25) is 0 Å². The van der Waals surface area contributed by atoms with Crippen LogP contribution in [0.3, 0.4) is 0 Å². The molecule has 0 aliphatic carbocycles. The number of nitrogens with two attached hydrogens (primary N) is 1. The van der Waals surface area contributed by atoms with Gasteiger partial charge in [-0.25, -0.2) is 0 Å². The van der Waals surface area contributed by atoms with Crippen LogP contribution >= 0.6 is 11.3 Å². The van der Waals surface area contributed by atoms with Crippen LogP contribution in [-0.4, -0.2) is 17.6 Å². The van der Waals surface area contributed by atoms with Gasteiger partial charge in [0, 0.05) is 17.2 Å². The summed E-state index contributed by atoms with van der Waals surface area (Å²) >= 11 is 1.69. The van der Waals surface area contributed by atoms with E-state index >= 15 is 0 Å². The van der Waals surface area contributed by atoms with Gasteiger partial charge in [0.05, 0.1) is 4.88 Å². The lowest BCUT2D eigenvalue weighted by molar-refractivity contribution is -0.675. The van der Waals surface area contributed by atoms with E-state index in [2.05, 4.69) is 34.1 Å². The van der Waals surface area contributed by atoms with Gasteiger partial charge in [0.1, 0.15) is 11.7 Å². The molecule has 29 heavy (non-hydrogen) atoms. The molecule has 2 aromatic carbocycles. The Morgan fingerprint density at radius 1 is 1.10 bits per heavy atom. The largest absolute Gasteiger partial charge is 0.338 e. The van der Waals surface area contributed by atoms with Crippen molar-refractivity contribution in [2.75, 3.05) is 11.9 Å². The van der Waals surface area contributed by atoms with Crippen molar-refractivity contribution in [2.45, 2.75) is 13.0 Å². The summed E-state index contributed by atoms with van der Waals surface area (Å²) in [4.78, 5) is 13.7. The van der Waals surface area contributed by atoms with Crippen molar-refractivity contribution in [1.82, 2.24) is 5.16 Å². The highest BCUT2D eigenvalue weighted by molar-refractivity contribution is 7.10. The van der Waals surface area contributed by atoms with Crippen LogP contribution in [0.15, 0.2) is 82.7 Å². The average molecular weight is 405 g/mol. The molecule has 0 spiro atoms. The number of rotatable bonds is 7. The molecule has 2 heterocycles. The Morgan fingerprint density at radius 2 is 1.90 bits per heavy atom. The normalized spacial score (nSPS) is 11.9. The minimum absolute atomic E-state index is 0.0831. The summed E-state index contributed by atoms with van der Waals surface area (Å²) in [7, 11) is 0. The number of quaternary nitrogens is 1. The molecule has 0 bridgehead atoms. The fourth-order valence-electron chi connectivity index (χ4n) is 3.15. The third kappa shape index (κ3) is 4.80. The molecule has 5 nitrogen and oxygen atoms in total. The van der Waals surface area contributed by atoms with E-state index in [0.717, 1.165) is 5.56 Å². The SMILES string of the molecule is Cc1ccc(-c2cc(NC(=O)C[NH2+][C@H](c3ccccc3)c3cccs3)on2)cc1. The third-order valence-corrected chi connectivity index (χ3v) is 5.62. The Kier molecular flexibility index (Phi) is 5.84. The van der Waals surface area contributed by atoms with Crippen LogP contribution < -0.4 is 10.6 Å². The molecule has 0 saturated carbocycles. The van der Waals surface area contributed by atoms with Crippen molar-refractivity contribution in [1.29, 1.82) is 0 Å². The maximum absolute atomic E-state index is 12.5. The van der Waals surface area contributed by atoms with E-state index in [0.29, 0.717) is 11.6 Å². The Labute approximate surface area is 173 Å². The quantitative estimate of drug-likeness (QED) is 0.489. The molecular weight excluding hydrogens is 382 g/mol. The molecule has 0 saturated heterocycles. The number of aromatic nitrogens is 1.